The zero-order valence-electron chi connectivity index (χ0n) is 14.8. The molecule has 1 N–H and O–H groups in total. The normalized spacial score (nSPS) is 10.2. The molecule has 1 heterocycles. The minimum absolute atomic E-state index is 0. The summed E-state index contributed by atoms with van der Waals surface area (Å²) in [6, 6.07) is 26.5. The number of aromatic carboxylic acids is 1. The number of benzene rings is 3. The van der Waals surface area contributed by atoms with Crippen molar-refractivity contribution < 1.29 is 39.5 Å². The number of nitrogens with one attached hydrogen (secondary N) is 1. The Labute approximate surface area is 179 Å². The third kappa shape index (κ3) is 4.03. The van der Waals surface area contributed by atoms with Gasteiger partial charge < -0.3 is 14.9 Å². The van der Waals surface area contributed by atoms with Crippen LogP contribution >= 0.6 is 0 Å². The van der Waals surface area contributed by atoms with Crippen LogP contribution in [0.5, 0.6) is 0 Å². The van der Waals surface area contributed by atoms with E-state index >= 15 is 0 Å². The number of hydrogen-bond donors (Lipinski definition) is 1. The first-order valence-corrected chi connectivity index (χ1v) is 8.25. The van der Waals surface area contributed by atoms with E-state index < -0.39 is 5.97 Å². The molecule has 27 heavy (non-hydrogen) atoms. The summed E-state index contributed by atoms with van der Waals surface area (Å²) < 4.78 is 0. The largest absolute Gasteiger partial charge is 1.00 e. The van der Waals surface area contributed by atoms with E-state index in [-0.39, 0.29) is 35.1 Å². The van der Waals surface area contributed by atoms with Crippen LogP contribution in [0, 0.1) is 0 Å². The third-order valence-corrected chi connectivity index (χ3v) is 4.21. The fraction of sp³-hybridized carbons (Fsp3) is 0. The molecular formula is C22H15N2NaO2. The molecule has 0 aliphatic carbocycles. The number of aromatic nitrogens is 2. The Kier molecular flexibility index (Phi) is 5.91. The number of rotatable bonds is 4. The Bertz CT molecular complexity index is 986. The van der Waals surface area contributed by atoms with E-state index in [1.807, 2.05) is 60.7 Å². The Balaban J connectivity index is 0.00000210. The smallest absolute Gasteiger partial charge is 0.545 e. The minimum atomic E-state index is -1.19. The van der Waals surface area contributed by atoms with Crippen LogP contribution in [0.3, 0.4) is 0 Å². The van der Waals surface area contributed by atoms with E-state index in [9.17, 15) is 9.90 Å². The van der Waals surface area contributed by atoms with Crippen molar-refractivity contribution in [1.29, 1.82) is 0 Å². The van der Waals surface area contributed by atoms with Gasteiger partial charge >= 0.3 is 29.6 Å². The zero-order valence-corrected chi connectivity index (χ0v) is 16.8. The molecule has 0 saturated heterocycles. The number of carbonyl (C=O) groups excluding carboxylic acids is 1. The number of nitrogens with zero attached hydrogens (tertiary/aromatic N) is 1. The maximum Gasteiger partial charge on any atom is 1.00 e. The van der Waals surface area contributed by atoms with Gasteiger partial charge in [0.15, 0.2) is 0 Å². The molecule has 3 aromatic carbocycles. The molecular weight excluding hydrogens is 347 g/mol. The molecule has 0 unspecified atom stereocenters. The van der Waals surface area contributed by atoms with E-state index in [4.69, 9.17) is 4.98 Å². The van der Waals surface area contributed by atoms with Crippen LogP contribution in [-0.4, -0.2) is 15.9 Å². The predicted molar refractivity (Wildman–Crippen MR) is 99.2 cm³/mol. The van der Waals surface area contributed by atoms with E-state index in [1.54, 1.807) is 12.1 Å². The van der Waals surface area contributed by atoms with Crippen molar-refractivity contribution in [3.8, 4) is 33.9 Å². The Morgan fingerprint density at radius 3 is 1.85 bits per heavy atom. The summed E-state index contributed by atoms with van der Waals surface area (Å²) in [4.78, 5) is 19.1. The molecule has 0 aliphatic heterocycles. The molecule has 4 rings (SSSR count). The number of carboxylic acids is 1. The van der Waals surface area contributed by atoms with E-state index in [0.717, 1.165) is 28.1 Å². The summed E-state index contributed by atoms with van der Waals surface area (Å²) >= 11 is 0. The second-order valence-electron chi connectivity index (χ2n) is 5.91. The molecule has 0 amide bonds. The van der Waals surface area contributed by atoms with Crippen molar-refractivity contribution in [2.24, 2.45) is 0 Å². The maximum atomic E-state index is 10.9. The second-order valence-corrected chi connectivity index (χ2v) is 5.91. The summed E-state index contributed by atoms with van der Waals surface area (Å²) in [5, 5.41) is 10.9. The van der Waals surface area contributed by atoms with Crippen LogP contribution in [0.4, 0.5) is 0 Å². The first kappa shape index (κ1) is 19.1. The van der Waals surface area contributed by atoms with Gasteiger partial charge in [0.2, 0.25) is 0 Å². The number of hydrogen-bond acceptors (Lipinski definition) is 3. The van der Waals surface area contributed by atoms with Gasteiger partial charge in [-0.3, -0.25) is 0 Å². The molecule has 0 spiro atoms. The summed E-state index contributed by atoms with van der Waals surface area (Å²) in [5.41, 5.74) is 4.80. The Morgan fingerprint density at radius 1 is 0.741 bits per heavy atom. The minimum Gasteiger partial charge on any atom is -0.545 e. The van der Waals surface area contributed by atoms with Crippen molar-refractivity contribution in [3.05, 3.63) is 90.5 Å². The van der Waals surface area contributed by atoms with Gasteiger partial charge in [-0.1, -0.05) is 84.9 Å². The SMILES string of the molecule is O=C([O-])c1ccc(-c2nc(-c3ccccc3)c(-c3ccccc3)[nH]2)cc1.[Na+]. The number of H-pyrrole nitrogens is 1. The molecule has 1 aromatic heterocycles. The Morgan fingerprint density at radius 2 is 1.30 bits per heavy atom. The van der Waals surface area contributed by atoms with Crippen molar-refractivity contribution in [2.45, 2.75) is 0 Å². The quantitative estimate of drug-likeness (QED) is 0.546. The Hall–Kier alpha value is -2.66. The van der Waals surface area contributed by atoms with E-state index in [2.05, 4.69) is 4.98 Å². The van der Waals surface area contributed by atoms with Crippen LogP contribution < -0.4 is 34.7 Å². The van der Waals surface area contributed by atoms with Crippen LogP contribution in [0.25, 0.3) is 33.9 Å². The number of carbonyl (C=O) groups is 1. The summed E-state index contributed by atoms with van der Waals surface area (Å²) in [6.07, 6.45) is 0. The molecule has 0 radical (unpaired) electrons. The fourth-order valence-electron chi connectivity index (χ4n) is 2.89. The van der Waals surface area contributed by atoms with Gasteiger partial charge in [0.05, 0.1) is 17.4 Å². The molecule has 0 saturated carbocycles. The van der Waals surface area contributed by atoms with Gasteiger partial charge in [-0.05, 0) is 5.56 Å². The molecule has 0 fully saturated rings. The van der Waals surface area contributed by atoms with Crippen molar-refractivity contribution in [1.82, 2.24) is 9.97 Å². The van der Waals surface area contributed by atoms with Gasteiger partial charge in [0, 0.05) is 16.7 Å². The predicted octanol–water partition coefficient (Wildman–Crippen LogP) is 0.778. The monoisotopic (exact) mass is 362 g/mol. The van der Waals surface area contributed by atoms with E-state index in [0.29, 0.717) is 5.82 Å². The number of aromatic amines is 1. The summed E-state index contributed by atoms with van der Waals surface area (Å²) in [7, 11) is 0. The molecule has 5 heteroatoms. The molecule has 4 aromatic rings. The molecule has 0 atom stereocenters. The summed E-state index contributed by atoms with van der Waals surface area (Å²) in [5.74, 6) is -0.501. The van der Waals surface area contributed by atoms with Crippen molar-refractivity contribution in [2.75, 3.05) is 0 Å². The third-order valence-electron chi connectivity index (χ3n) is 4.21. The van der Waals surface area contributed by atoms with Gasteiger partial charge in [-0.25, -0.2) is 4.98 Å². The number of imidazole rings is 1. The van der Waals surface area contributed by atoms with Crippen LogP contribution in [0.15, 0.2) is 84.9 Å². The zero-order chi connectivity index (χ0) is 17.9. The molecule has 0 bridgehead atoms. The van der Waals surface area contributed by atoms with Crippen molar-refractivity contribution >= 4 is 5.97 Å². The van der Waals surface area contributed by atoms with Crippen LogP contribution in [-0.2, 0) is 0 Å². The molecule has 126 valence electrons. The first-order chi connectivity index (χ1) is 12.7. The van der Waals surface area contributed by atoms with Gasteiger partial charge in [-0.15, -0.1) is 0 Å². The topological polar surface area (TPSA) is 68.8 Å². The van der Waals surface area contributed by atoms with Crippen LogP contribution in [0.1, 0.15) is 10.4 Å². The average Bonchev–Trinajstić information content (AvgIpc) is 3.15. The van der Waals surface area contributed by atoms with Gasteiger partial charge in [0.25, 0.3) is 0 Å². The van der Waals surface area contributed by atoms with E-state index in [1.165, 1.54) is 12.1 Å². The van der Waals surface area contributed by atoms with Gasteiger partial charge in [-0.2, -0.15) is 0 Å². The van der Waals surface area contributed by atoms with Crippen molar-refractivity contribution in [3.63, 3.8) is 0 Å². The second kappa shape index (κ2) is 8.35. The molecule has 0 aliphatic rings. The summed E-state index contributed by atoms with van der Waals surface area (Å²) in [6.45, 7) is 0. The fourth-order valence-corrected chi connectivity index (χ4v) is 2.89. The van der Waals surface area contributed by atoms with Gasteiger partial charge in [0.1, 0.15) is 5.82 Å². The first-order valence-electron chi connectivity index (χ1n) is 8.25. The maximum absolute atomic E-state index is 10.9. The molecule has 4 nitrogen and oxygen atoms in total. The van der Waals surface area contributed by atoms with Crippen LogP contribution in [0.2, 0.25) is 0 Å². The standard InChI is InChI=1S/C22H16N2O2.Na/c25-22(26)18-13-11-17(12-14-18)21-23-19(15-7-3-1-4-8-15)20(24-21)16-9-5-2-6-10-16;/h1-14H,(H,23,24)(H,25,26);/q;+1/p-1. The number of carboxylic acid groups (broad SMARTS) is 1. The average molecular weight is 362 g/mol.